The summed E-state index contributed by atoms with van der Waals surface area (Å²) in [5, 5.41) is 20.5. The van der Waals surface area contributed by atoms with Crippen LogP contribution in [-0.4, -0.2) is 83.0 Å². The van der Waals surface area contributed by atoms with E-state index in [0.717, 1.165) is 0 Å². The standard InChI is InChI=1S/C12H21N3O6/c1-3-21-12(20)15-6-4-14(5-7-15)11(19)13-9(8(2)16)10(17)18/h8-9,16H,3-7H2,1-2H3,(H,13,19)(H,17,18)/t8-,9+/m1/s1. The summed E-state index contributed by atoms with van der Waals surface area (Å²) in [7, 11) is 0. The second kappa shape index (κ2) is 7.67. The number of carboxylic acids is 1. The topological polar surface area (TPSA) is 119 Å². The van der Waals surface area contributed by atoms with Crippen molar-refractivity contribution in [2.24, 2.45) is 0 Å². The van der Waals surface area contributed by atoms with Gasteiger partial charge in [0.2, 0.25) is 0 Å². The summed E-state index contributed by atoms with van der Waals surface area (Å²) < 4.78 is 4.86. The van der Waals surface area contributed by atoms with E-state index in [4.69, 9.17) is 9.84 Å². The van der Waals surface area contributed by atoms with Crippen LogP contribution >= 0.6 is 0 Å². The van der Waals surface area contributed by atoms with Gasteiger partial charge >= 0.3 is 18.1 Å². The van der Waals surface area contributed by atoms with E-state index in [-0.39, 0.29) is 19.7 Å². The number of rotatable bonds is 4. The Labute approximate surface area is 122 Å². The molecule has 0 aromatic heterocycles. The van der Waals surface area contributed by atoms with Gasteiger partial charge in [0.25, 0.3) is 0 Å². The predicted molar refractivity (Wildman–Crippen MR) is 71.8 cm³/mol. The first kappa shape index (κ1) is 17.0. The Kier molecular flexibility index (Phi) is 6.22. The van der Waals surface area contributed by atoms with E-state index in [1.165, 1.54) is 16.7 Å². The highest BCUT2D eigenvalue weighted by Crippen LogP contribution is 2.05. The predicted octanol–water partition coefficient (Wildman–Crippen LogP) is -0.696. The molecule has 1 rings (SSSR count). The maximum absolute atomic E-state index is 11.9. The molecule has 1 fully saturated rings. The molecule has 21 heavy (non-hydrogen) atoms. The minimum atomic E-state index is -1.36. The summed E-state index contributed by atoms with van der Waals surface area (Å²) in [6, 6.07) is -1.94. The fourth-order valence-corrected chi connectivity index (χ4v) is 1.92. The smallest absolute Gasteiger partial charge is 0.409 e. The Morgan fingerprint density at radius 2 is 1.71 bits per heavy atom. The van der Waals surface area contributed by atoms with Crippen molar-refractivity contribution in [1.29, 1.82) is 0 Å². The van der Waals surface area contributed by atoms with Gasteiger partial charge < -0.3 is 30.1 Å². The zero-order chi connectivity index (χ0) is 16.0. The molecule has 9 nitrogen and oxygen atoms in total. The normalized spacial score (nSPS) is 17.9. The largest absolute Gasteiger partial charge is 0.480 e. The summed E-state index contributed by atoms with van der Waals surface area (Å²) in [5.41, 5.74) is 0. The van der Waals surface area contributed by atoms with Crippen molar-refractivity contribution in [3.8, 4) is 0 Å². The van der Waals surface area contributed by atoms with Crippen molar-refractivity contribution in [1.82, 2.24) is 15.1 Å². The molecule has 3 amide bonds. The number of urea groups is 1. The lowest BCUT2D eigenvalue weighted by atomic mass is 10.2. The van der Waals surface area contributed by atoms with E-state index < -0.39 is 30.2 Å². The first-order valence-electron chi connectivity index (χ1n) is 6.74. The van der Waals surface area contributed by atoms with Crippen molar-refractivity contribution in [3.05, 3.63) is 0 Å². The van der Waals surface area contributed by atoms with E-state index in [2.05, 4.69) is 5.32 Å². The first-order valence-corrected chi connectivity index (χ1v) is 6.74. The first-order chi connectivity index (χ1) is 9.86. The van der Waals surface area contributed by atoms with Crippen LogP contribution in [0.25, 0.3) is 0 Å². The van der Waals surface area contributed by atoms with E-state index in [1.54, 1.807) is 6.92 Å². The van der Waals surface area contributed by atoms with Crippen LogP contribution < -0.4 is 5.32 Å². The van der Waals surface area contributed by atoms with E-state index >= 15 is 0 Å². The summed E-state index contributed by atoms with van der Waals surface area (Å²) in [5.74, 6) is -1.30. The third-order valence-electron chi connectivity index (χ3n) is 3.12. The Balaban J connectivity index is 2.48. The van der Waals surface area contributed by atoms with Gasteiger partial charge in [-0.25, -0.2) is 14.4 Å². The number of amides is 3. The van der Waals surface area contributed by atoms with E-state index in [0.29, 0.717) is 13.1 Å². The molecule has 1 aliphatic rings. The number of nitrogens with one attached hydrogen (secondary N) is 1. The van der Waals surface area contributed by atoms with E-state index in [1.807, 2.05) is 0 Å². The van der Waals surface area contributed by atoms with Gasteiger partial charge in [-0.15, -0.1) is 0 Å². The Bertz CT molecular complexity index is 392. The minimum absolute atomic E-state index is 0.275. The second-order valence-corrected chi connectivity index (χ2v) is 4.68. The zero-order valence-electron chi connectivity index (χ0n) is 12.1. The lowest BCUT2D eigenvalue weighted by Gasteiger charge is -2.34. The SMILES string of the molecule is CCOC(=O)N1CCN(C(=O)N[C@H](C(=O)O)[C@@H](C)O)CC1. The fraction of sp³-hybridized carbons (Fsp3) is 0.750. The lowest BCUT2D eigenvalue weighted by Crippen LogP contribution is -2.57. The molecule has 0 bridgehead atoms. The van der Waals surface area contributed by atoms with Gasteiger partial charge in [0.05, 0.1) is 12.7 Å². The lowest BCUT2D eigenvalue weighted by molar-refractivity contribution is -0.141. The van der Waals surface area contributed by atoms with Gasteiger partial charge in [0.1, 0.15) is 0 Å². The van der Waals surface area contributed by atoms with Crippen molar-refractivity contribution >= 4 is 18.1 Å². The van der Waals surface area contributed by atoms with E-state index in [9.17, 15) is 19.5 Å². The molecule has 120 valence electrons. The van der Waals surface area contributed by atoms with Gasteiger partial charge in [0.15, 0.2) is 6.04 Å². The second-order valence-electron chi connectivity index (χ2n) is 4.68. The van der Waals surface area contributed by atoms with Crippen LogP contribution in [0.15, 0.2) is 0 Å². The molecule has 0 aliphatic carbocycles. The number of piperazine rings is 1. The van der Waals surface area contributed by atoms with Crippen LogP contribution in [0.1, 0.15) is 13.8 Å². The molecule has 9 heteroatoms. The summed E-state index contributed by atoms with van der Waals surface area (Å²) in [4.78, 5) is 37.2. The number of ether oxygens (including phenoxy) is 1. The maximum atomic E-state index is 11.9. The van der Waals surface area contributed by atoms with Gasteiger partial charge in [0, 0.05) is 26.2 Å². The Morgan fingerprint density at radius 3 is 2.14 bits per heavy atom. The fourth-order valence-electron chi connectivity index (χ4n) is 1.92. The number of carboxylic acid groups (broad SMARTS) is 1. The number of hydrogen-bond donors (Lipinski definition) is 3. The molecule has 0 unspecified atom stereocenters. The van der Waals surface area contributed by atoms with Gasteiger partial charge in [-0.3, -0.25) is 0 Å². The molecule has 0 saturated carbocycles. The van der Waals surface area contributed by atoms with Crippen molar-refractivity contribution < 1.29 is 29.3 Å². The van der Waals surface area contributed by atoms with Crippen LogP contribution in [0.3, 0.4) is 0 Å². The highest BCUT2D eigenvalue weighted by Gasteiger charge is 2.29. The number of aliphatic carboxylic acids is 1. The summed E-state index contributed by atoms with van der Waals surface area (Å²) >= 11 is 0. The highest BCUT2D eigenvalue weighted by atomic mass is 16.6. The van der Waals surface area contributed by atoms with Crippen LogP contribution in [0.5, 0.6) is 0 Å². The quantitative estimate of drug-likeness (QED) is 0.632. The zero-order valence-corrected chi connectivity index (χ0v) is 12.1. The summed E-state index contributed by atoms with van der Waals surface area (Å²) in [6.07, 6.45) is -1.63. The third-order valence-corrected chi connectivity index (χ3v) is 3.12. The van der Waals surface area contributed by atoms with Crippen LogP contribution in [0.2, 0.25) is 0 Å². The highest BCUT2D eigenvalue weighted by molar-refractivity contribution is 5.83. The molecular formula is C12H21N3O6. The number of aliphatic hydroxyl groups is 1. The maximum Gasteiger partial charge on any atom is 0.409 e. The molecule has 0 aromatic rings. The van der Waals surface area contributed by atoms with Crippen LogP contribution in [0.4, 0.5) is 9.59 Å². The van der Waals surface area contributed by atoms with Crippen LogP contribution in [0, 0.1) is 0 Å². The summed E-state index contributed by atoms with van der Waals surface area (Å²) in [6.45, 7) is 4.47. The Morgan fingerprint density at radius 1 is 1.19 bits per heavy atom. The number of nitrogens with zero attached hydrogens (tertiary/aromatic N) is 2. The minimum Gasteiger partial charge on any atom is -0.480 e. The number of carbonyl (C=O) groups excluding carboxylic acids is 2. The molecule has 3 N–H and O–H groups in total. The molecule has 2 atom stereocenters. The molecule has 0 spiro atoms. The Hall–Kier alpha value is -2.03. The van der Waals surface area contributed by atoms with Crippen molar-refractivity contribution in [2.45, 2.75) is 26.0 Å². The van der Waals surface area contributed by atoms with Crippen molar-refractivity contribution in [3.63, 3.8) is 0 Å². The van der Waals surface area contributed by atoms with Gasteiger partial charge in [-0.2, -0.15) is 0 Å². The molecule has 0 radical (unpaired) electrons. The molecule has 1 saturated heterocycles. The number of aliphatic hydroxyl groups excluding tert-OH is 1. The average molecular weight is 303 g/mol. The number of hydrogen-bond acceptors (Lipinski definition) is 5. The van der Waals surface area contributed by atoms with Crippen LogP contribution in [-0.2, 0) is 9.53 Å². The molecule has 1 aliphatic heterocycles. The van der Waals surface area contributed by atoms with Gasteiger partial charge in [-0.1, -0.05) is 0 Å². The van der Waals surface area contributed by atoms with Crippen molar-refractivity contribution in [2.75, 3.05) is 32.8 Å². The van der Waals surface area contributed by atoms with Gasteiger partial charge in [-0.05, 0) is 13.8 Å². The average Bonchev–Trinajstić information content (AvgIpc) is 2.44. The number of carbonyl (C=O) groups is 3. The molecule has 0 aromatic carbocycles. The molecule has 1 heterocycles. The monoisotopic (exact) mass is 303 g/mol. The third kappa shape index (κ3) is 4.78. The molecular weight excluding hydrogens is 282 g/mol.